The van der Waals surface area contributed by atoms with Gasteiger partial charge in [0.2, 0.25) is 5.91 Å². The maximum absolute atomic E-state index is 12.5. The minimum Gasteiger partial charge on any atom is -0.337 e. The van der Waals surface area contributed by atoms with Gasteiger partial charge in [-0.3, -0.25) is 9.69 Å². The molecule has 1 aliphatic heterocycles. The highest BCUT2D eigenvalue weighted by molar-refractivity contribution is 7.09. The number of hydrogen-bond donors (Lipinski definition) is 0. The Balaban J connectivity index is 1.26. The third-order valence-corrected chi connectivity index (χ3v) is 5.65. The zero-order valence-corrected chi connectivity index (χ0v) is 16.5. The van der Waals surface area contributed by atoms with Crippen LogP contribution in [0.15, 0.2) is 60.1 Å². The third kappa shape index (κ3) is 4.94. The van der Waals surface area contributed by atoms with Crippen LogP contribution in [0.1, 0.15) is 16.1 Å². The lowest BCUT2D eigenvalue weighted by Gasteiger charge is -2.33. The second kappa shape index (κ2) is 8.95. The number of nitrogens with zero attached hydrogens (tertiary/aromatic N) is 5. The summed E-state index contributed by atoms with van der Waals surface area (Å²) in [5.41, 5.74) is 1.86. The van der Waals surface area contributed by atoms with Gasteiger partial charge in [-0.2, -0.15) is 0 Å². The average Bonchev–Trinajstić information content (AvgIpc) is 3.40. The molecule has 0 radical (unpaired) electrons. The lowest BCUT2D eigenvalue weighted by Crippen LogP contribution is -2.47. The fourth-order valence-electron chi connectivity index (χ4n) is 3.25. The van der Waals surface area contributed by atoms with Gasteiger partial charge in [-0.15, -0.1) is 16.4 Å². The quantitative estimate of drug-likeness (QED) is 0.605. The van der Waals surface area contributed by atoms with Crippen molar-refractivity contribution in [2.75, 3.05) is 26.2 Å². The molecular formula is C21H23N5OS. The molecule has 0 bridgehead atoms. The Hall–Kier alpha value is -2.77. The molecule has 4 rings (SSSR count). The summed E-state index contributed by atoms with van der Waals surface area (Å²) in [6.45, 7) is 4.97. The van der Waals surface area contributed by atoms with Crippen molar-refractivity contribution < 1.29 is 4.79 Å². The van der Waals surface area contributed by atoms with E-state index in [0.717, 1.165) is 32.7 Å². The van der Waals surface area contributed by atoms with E-state index in [1.165, 1.54) is 10.4 Å². The molecule has 0 unspecified atom stereocenters. The molecule has 1 aromatic carbocycles. The van der Waals surface area contributed by atoms with Crippen molar-refractivity contribution in [1.82, 2.24) is 24.8 Å². The van der Waals surface area contributed by atoms with Crippen molar-refractivity contribution in [3.05, 3.63) is 76.3 Å². The van der Waals surface area contributed by atoms with Gasteiger partial charge in [-0.1, -0.05) is 41.6 Å². The van der Waals surface area contributed by atoms with Gasteiger partial charge in [0.1, 0.15) is 5.69 Å². The highest BCUT2D eigenvalue weighted by atomic mass is 32.1. The standard InChI is InChI=1S/C21H23N5OS/c27-21(25-12-10-24(11-13-25)17-20-7-4-14-28-20)9-8-19-16-26(23-22-19)15-18-5-2-1-3-6-18/h1-9,14,16H,10-13,15,17H2/b9-8+. The smallest absolute Gasteiger partial charge is 0.246 e. The van der Waals surface area contributed by atoms with Gasteiger partial charge in [0.05, 0.1) is 12.7 Å². The maximum atomic E-state index is 12.5. The molecular weight excluding hydrogens is 370 g/mol. The van der Waals surface area contributed by atoms with Crippen LogP contribution in [-0.4, -0.2) is 56.9 Å². The van der Waals surface area contributed by atoms with Crippen LogP contribution in [0.5, 0.6) is 0 Å². The summed E-state index contributed by atoms with van der Waals surface area (Å²) >= 11 is 1.78. The van der Waals surface area contributed by atoms with Gasteiger partial charge in [0, 0.05) is 43.7 Å². The van der Waals surface area contributed by atoms with Crippen molar-refractivity contribution in [2.45, 2.75) is 13.1 Å². The molecule has 0 spiro atoms. The van der Waals surface area contributed by atoms with E-state index >= 15 is 0 Å². The third-order valence-electron chi connectivity index (χ3n) is 4.78. The topological polar surface area (TPSA) is 54.3 Å². The van der Waals surface area contributed by atoms with Crippen LogP contribution in [-0.2, 0) is 17.9 Å². The molecule has 1 fully saturated rings. The minimum atomic E-state index is 0.0355. The van der Waals surface area contributed by atoms with Gasteiger partial charge in [0.25, 0.3) is 0 Å². The number of amides is 1. The number of rotatable bonds is 6. The second-order valence-corrected chi connectivity index (χ2v) is 7.87. The van der Waals surface area contributed by atoms with Gasteiger partial charge < -0.3 is 4.90 Å². The van der Waals surface area contributed by atoms with Gasteiger partial charge >= 0.3 is 0 Å². The molecule has 28 heavy (non-hydrogen) atoms. The highest BCUT2D eigenvalue weighted by Gasteiger charge is 2.19. The van der Waals surface area contributed by atoms with Crippen molar-refractivity contribution in [3.63, 3.8) is 0 Å². The lowest BCUT2D eigenvalue weighted by atomic mass is 10.2. The Morgan fingerprint density at radius 1 is 1.04 bits per heavy atom. The van der Waals surface area contributed by atoms with E-state index in [-0.39, 0.29) is 5.91 Å². The van der Waals surface area contributed by atoms with E-state index in [9.17, 15) is 4.79 Å². The summed E-state index contributed by atoms with van der Waals surface area (Å²) in [6, 6.07) is 14.4. The van der Waals surface area contributed by atoms with Crippen LogP contribution in [0.2, 0.25) is 0 Å². The largest absolute Gasteiger partial charge is 0.337 e. The van der Waals surface area contributed by atoms with Crippen molar-refractivity contribution in [3.8, 4) is 0 Å². The monoisotopic (exact) mass is 393 g/mol. The van der Waals surface area contributed by atoms with E-state index in [2.05, 4.69) is 44.9 Å². The summed E-state index contributed by atoms with van der Waals surface area (Å²) in [4.78, 5) is 18.1. The van der Waals surface area contributed by atoms with Crippen LogP contribution in [0, 0.1) is 0 Å². The summed E-state index contributed by atoms with van der Waals surface area (Å²) in [7, 11) is 0. The van der Waals surface area contributed by atoms with Crippen molar-refractivity contribution in [2.24, 2.45) is 0 Å². The van der Waals surface area contributed by atoms with E-state index < -0.39 is 0 Å². The highest BCUT2D eigenvalue weighted by Crippen LogP contribution is 2.14. The minimum absolute atomic E-state index is 0.0355. The fourth-order valence-corrected chi connectivity index (χ4v) is 4.00. The molecule has 1 saturated heterocycles. The molecule has 1 aliphatic rings. The predicted octanol–water partition coefficient (Wildman–Crippen LogP) is 2.75. The summed E-state index contributed by atoms with van der Waals surface area (Å²) in [5.74, 6) is 0.0355. The fraction of sp³-hybridized carbons (Fsp3) is 0.286. The first-order valence-corrected chi connectivity index (χ1v) is 10.3. The normalized spacial score (nSPS) is 15.4. The number of aromatic nitrogens is 3. The molecule has 7 heteroatoms. The van der Waals surface area contributed by atoms with Gasteiger partial charge in [-0.05, 0) is 23.1 Å². The van der Waals surface area contributed by atoms with E-state index in [1.54, 1.807) is 28.2 Å². The maximum Gasteiger partial charge on any atom is 0.246 e. The molecule has 2 aromatic heterocycles. The van der Waals surface area contributed by atoms with E-state index in [0.29, 0.717) is 12.2 Å². The second-order valence-electron chi connectivity index (χ2n) is 6.84. The van der Waals surface area contributed by atoms with Gasteiger partial charge in [0.15, 0.2) is 0 Å². The molecule has 144 valence electrons. The lowest BCUT2D eigenvalue weighted by molar-refractivity contribution is -0.127. The average molecular weight is 394 g/mol. The van der Waals surface area contributed by atoms with Crippen LogP contribution >= 0.6 is 11.3 Å². The molecule has 3 heterocycles. The van der Waals surface area contributed by atoms with Crippen LogP contribution < -0.4 is 0 Å². The van der Waals surface area contributed by atoms with Gasteiger partial charge in [-0.25, -0.2) is 4.68 Å². The Labute approximate surface area is 168 Å². The van der Waals surface area contributed by atoms with E-state index in [1.807, 2.05) is 29.3 Å². The molecule has 0 atom stereocenters. The summed E-state index contributed by atoms with van der Waals surface area (Å²) in [6.07, 6.45) is 5.20. The predicted molar refractivity (Wildman–Crippen MR) is 111 cm³/mol. The Morgan fingerprint density at radius 2 is 1.86 bits per heavy atom. The zero-order valence-electron chi connectivity index (χ0n) is 15.6. The zero-order chi connectivity index (χ0) is 19.2. The first-order chi connectivity index (χ1) is 13.8. The van der Waals surface area contributed by atoms with E-state index in [4.69, 9.17) is 0 Å². The Bertz CT molecular complexity index is 911. The number of benzene rings is 1. The molecule has 0 N–H and O–H groups in total. The van der Waals surface area contributed by atoms with Crippen molar-refractivity contribution >= 4 is 23.3 Å². The number of carbonyl (C=O) groups excluding carboxylic acids is 1. The van der Waals surface area contributed by atoms with Crippen LogP contribution in [0.25, 0.3) is 6.08 Å². The number of piperazine rings is 1. The molecule has 3 aromatic rings. The SMILES string of the molecule is O=C(/C=C/c1cn(Cc2ccccc2)nn1)N1CCN(Cc2cccs2)CC1. The molecule has 0 aliphatic carbocycles. The first-order valence-electron chi connectivity index (χ1n) is 9.42. The first kappa shape index (κ1) is 18.6. The number of thiophene rings is 1. The van der Waals surface area contributed by atoms with Crippen molar-refractivity contribution in [1.29, 1.82) is 0 Å². The van der Waals surface area contributed by atoms with Crippen LogP contribution in [0.4, 0.5) is 0 Å². The molecule has 1 amide bonds. The summed E-state index contributed by atoms with van der Waals surface area (Å²) in [5, 5.41) is 10.4. The number of hydrogen-bond acceptors (Lipinski definition) is 5. The number of carbonyl (C=O) groups is 1. The Kier molecular flexibility index (Phi) is 5.94. The Morgan fingerprint density at radius 3 is 2.61 bits per heavy atom. The summed E-state index contributed by atoms with van der Waals surface area (Å²) < 4.78 is 1.78. The molecule has 0 saturated carbocycles. The van der Waals surface area contributed by atoms with Crippen LogP contribution in [0.3, 0.4) is 0 Å². The molecule has 6 nitrogen and oxygen atoms in total.